The van der Waals surface area contributed by atoms with Gasteiger partial charge in [0, 0.05) is 13.6 Å². The van der Waals surface area contributed by atoms with E-state index >= 15 is 0 Å². The number of halogens is 1. The molecular weight excluding hydrogens is 318 g/mol. The van der Waals surface area contributed by atoms with Gasteiger partial charge in [0.2, 0.25) is 11.8 Å². The number of ether oxygens (including phenoxy) is 1. The first kappa shape index (κ1) is 21.2. The highest BCUT2D eigenvalue weighted by Gasteiger charge is 2.18. The first-order valence-electron chi connectivity index (χ1n) is 7.25. The molecule has 0 spiro atoms. The smallest absolute Gasteiger partial charge is 0.242 e. The number of benzene rings is 1. The van der Waals surface area contributed by atoms with Crippen LogP contribution in [0.25, 0.3) is 0 Å². The lowest BCUT2D eigenvalue weighted by Gasteiger charge is -2.19. The molecule has 1 aromatic rings. The molecule has 0 aliphatic rings. The van der Waals surface area contributed by atoms with E-state index < -0.39 is 6.04 Å². The Bertz CT molecular complexity index is 523. The zero-order valence-electron chi connectivity index (χ0n) is 14.0. The summed E-state index contributed by atoms with van der Waals surface area (Å²) in [5.41, 5.74) is 6.69. The van der Waals surface area contributed by atoms with Gasteiger partial charge in [0.15, 0.2) is 0 Å². The Labute approximate surface area is 143 Å². The highest BCUT2D eigenvalue weighted by atomic mass is 35.5. The van der Waals surface area contributed by atoms with Gasteiger partial charge in [-0.1, -0.05) is 26.0 Å². The average molecular weight is 344 g/mol. The normalized spacial score (nSPS) is 11.4. The SMILES string of the molecule is COc1cccc(CN(C)C(=O)CNC(=O)[C@@H](N)C(C)C)c1.Cl. The Balaban J connectivity index is 0.00000484. The van der Waals surface area contributed by atoms with Gasteiger partial charge in [-0.05, 0) is 23.6 Å². The summed E-state index contributed by atoms with van der Waals surface area (Å²) in [6, 6.07) is 6.90. The third kappa shape index (κ3) is 6.88. The van der Waals surface area contributed by atoms with Gasteiger partial charge in [-0.15, -0.1) is 12.4 Å². The molecule has 130 valence electrons. The highest BCUT2D eigenvalue weighted by molar-refractivity contribution is 5.87. The fraction of sp³-hybridized carbons (Fsp3) is 0.500. The molecule has 0 radical (unpaired) electrons. The minimum absolute atomic E-state index is 0. The summed E-state index contributed by atoms with van der Waals surface area (Å²) in [6.07, 6.45) is 0. The molecule has 3 N–H and O–H groups in total. The maximum atomic E-state index is 12.0. The zero-order chi connectivity index (χ0) is 16.7. The van der Waals surface area contributed by atoms with Crippen molar-refractivity contribution >= 4 is 24.2 Å². The van der Waals surface area contributed by atoms with Crippen LogP contribution in [-0.4, -0.2) is 43.5 Å². The van der Waals surface area contributed by atoms with E-state index in [4.69, 9.17) is 10.5 Å². The summed E-state index contributed by atoms with van der Waals surface area (Å²) in [7, 11) is 3.29. The molecule has 0 saturated carbocycles. The molecule has 0 aromatic heterocycles. The molecule has 0 unspecified atom stereocenters. The number of rotatable bonds is 7. The summed E-state index contributed by atoms with van der Waals surface area (Å²) in [5, 5.41) is 2.57. The van der Waals surface area contributed by atoms with Crippen molar-refractivity contribution < 1.29 is 14.3 Å². The van der Waals surface area contributed by atoms with Crippen molar-refractivity contribution in [2.75, 3.05) is 20.7 Å². The first-order chi connectivity index (χ1) is 10.3. The van der Waals surface area contributed by atoms with Gasteiger partial charge in [-0.2, -0.15) is 0 Å². The van der Waals surface area contributed by atoms with Crippen molar-refractivity contribution in [3.8, 4) is 5.75 Å². The van der Waals surface area contributed by atoms with Crippen LogP contribution in [0.15, 0.2) is 24.3 Å². The van der Waals surface area contributed by atoms with E-state index in [1.54, 1.807) is 19.1 Å². The molecule has 0 bridgehead atoms. The van der Waals surface area contributed by atoms with Crippen LogP contribution in [0.1, 0.15) is 19.4 Å². The molecule has 2 amide bonds. The quantitative estimate of drug-likeness (QED) is 0.778. The molecule has 23 heavy (non-hydrogen) atoms. The number of amides is 2. The van der Waals surface area contributed by atoms with E-state index in [2.05, 4.69) is 5.32 Å². The number of nitrogens with zero attached hydrogens (tertiary/aromatic N) is 1. The number of methoxy groups -OCH3 is 1. The first-order valence-corrected chi connectivity index (χ1v) is 7.25. The molecule has 0 fully saturated rings. The van der Waals surface area contributed by atoms with Crippen molar-refractivity contribution in [3.05, 3.63) is 29.8 Å². The summed E-state index contributed by atoms with van der Waals surface area (Å²) in [5.74, 6) is 0.296. The van der Waals surface area contributed by atoms with E-state index in [0.29, 0.717) is 6.54 Å². The van der Waals surface area contributed by atoms with Gasteiger partial charge in [-0.25, -0.2) is 0 Å². The van der Waals surface area contributed by atoms with E-state index in [0.717, 1.165) is 11.3 Å². The predicted molar refractivity (Wildman–Crippen MR) is 92.5 cm³/mol. The predicted octanol–water partition coefficient (Wildman–Crippen LogP) is 1.17. The molecule has 0 aliphatic heterocycles. The van der Waals surface area contributed by atoms with Crippen LogP contribution in [0.3, 0.4) is 0 Å². The van der Waals surface area contributed by atoms with Crippen LogP contribution in [0.4, 0.5) is 0 Å². The van der Waals surface area contributed by atoms with Crippen molar-refractivity contribution in [1.82, 2.24) is 10.2 Å². The van der Waals surface area contributed by atoms with E-state index in [9.17, 15) is 9.59 Å². The Hall–Kier alpha value is -1.79. The second kappa shape index (κ2) is 10.1. The van der Waals surface area contributed by atoms with Gasteiger partial charge in [0.25, 0.3) is 0 Å². The highest BCUT2D eigenvalue weighted by Crippen LogP contribution is 2.13. The number of hydrogen-bond donors (Lipinski definition) is 2. The van der Waals surface area contributed by atoms with Gasteiger partial charge < -0.3 is 20.7 Å². The standard InChI is InChI=1S/C16H25N3O3.ClH/c1-11(2)15(17)16(21)18-9-14(20)19(3)10-12-6-5-7-13(8-12)22-4;/h5-8,11,15H,9-10,17H2,1-4H3,(H,18,21);1H/t15-;/m0./s1. The average Bonchev–Trinajstić information content (AvgIpc) is 2.51. The largest absolute Gasteiger partial charge is 0.497 e. The van der Waals surface area contributed by atoms with Crippen molar-refractivity contribution in [2.45, 2.75) is 26.4 Å². The molecule has 0 saturated heterocycles. The molecule has 7 heteroatoms. The maximum Gasteiger partial charge on any atom is 0.242 e. The second-order valence-corrected chi connectivity index (χ2v) is 5.59. The topological polar surface area (TPSA) is 84.7 Å². The summed E-state index contributed by atoms with van der Waals surface area (Å²) in [4.78, 5) is 25.3. The maximum absolute atomic E-state index is 12.0. The van der Waals surface area contributed by atoms with E-state index in [1.165, 1.54) is 0 Å². The molecule has 6 nitrogen and oxygen atoms in total. The number of carbonyl (C=O) groups excluding carboxylic acids is 2. The van der Waals surface area contributed by atoms with Gasteiger partial charge >= 0.3 is 0 Å². The number of nitrogens with one attached hydrogen (secondary N) is 1. The lowest BCUT2D eigenvalue weighted by molar-refractivity contribution is -0.132. The Morgan fingerprint density at radius 3 is 2.57 bits per heavy atom. The Kier molecular flexibility index (Phi) is 9.29. The van der Waals surface area contributed by atoms with Crippen molar-refractivity contribution in [3.63, 3.8) is 0 Å². The van der Waals surface area contributed by atoms with Gasteiger partial charge in [0.05, 0.1) is 19.7 Å². The number of carbonyl (C=O) groups is 2. The van der Waals surface area contributed by atoms with E-state index in [1.807, 2.05) is 38.1 Å². The lowest BCUT2D eigenvalue weighted by atomic mass is 10.1. The molecule has 0 aliphatic carbocycles. The van der Waals surface area contributed by atoms with Crippen LogP contribution >= 0.6 is 12.4 Å². The molecule has 1 atom stereocenters. The second-order valence-electron chi connectivity index (χ2n) is 5.59. The fourth-order valence-electron chi connectivity index (χ4n) is 1.85. The monoisotopic (exact) mass is 343 g/mol. The third-order valence-corrected chi connectivity index (χ3v) is 3.41. The fourth-order valence-corrected chi connectivity index (χ4v) is 1.85. The van der Waals surface area contributed by atoms with Crippen LogP contribution in [0, 0.1) is 5.92 Å². The Morgan fingerprint density at radius 2 is 2.00 bits per heavy atom. The minimum Gasteiger partial charge on any atom is -0.497 e. The molecule has 1 aromatic carbocycles. The summed E-state index contributed by atoms with van der Waals surface area (Å²) in [6.45, 7) is 4.11. The molecule has 1 rings (SSSR count). The van der Waals surface area contributed by atoms with Gasteiger partial charge in [0.1, 0.15) is 5.75 Å². The number of hydrogen-bond acceptors (Lipinski definition) is 4. The number of nitrogens with two attached hydrogens (primary N) is 1. The van der Waals surface area contributed by atoms with Crippen LogP contribution < -0.4 is 15.8 Å². The minimum atomic E-state index is -0.600. The molecular formula is C16H26ClN3O3. The van der Waals surface area contributed by atoms with Crippen LogP contribution in [-0.2, 0) is 16.1 Å². The summed E-state index contributed by atoms with van der Waals surface area (Å²) >= 11 is 0. The van der Waals surface area contributed by atoms with E-state index in [-0.39, 0.29) is 36.7 Å². The van der Waals surface area contributed by atoms with Crippen molar-refractivity contribution in [1.29, 1.82) is 0 Å². The zero-order valence-corrected chi connectivity index (χ0v) is 14.9. The summed E-state index contributed by atoms with van der Waals surface area (Å²) < 4.78 is 5.15. The molecule has 0 heterocycles. The Morgan fingerprint density at radius 1 is 1.35 bits per heavy atom. The van der Waals surface area contributed by atoms with Crippen LogP contribution in [0.2, 0.25) is 0 Å². The lowest BCUT2D eigenvalue weighted by Crippen LogP contribution is -2.47. The third-order valence-electron chi connectivity index (χ3n) is 3.41. The van der Waals surface area contributed by atoms with Crippen molar-refractivity contribution in [2.24, 2.45) is 11.7 Å². The van der Waals surface area contributed by atoms with Crippen LogP contribution in [0.5, 0.6) is 5.75 Å². The van der Waals surface area contributed by atoms with Gasteiger partial charge in [-0.3, -0.25) is 9.59 Å². The number of likely N-dealkylation sites (N-methyl/N-ethyl adjacent to an activating group) is 1.